The van der Waals surface area contributed by atoms with Crippen LogP contribution in [0.5, 0.6) is 5.75 Å². The van der Waals surface area contributed by atoms with Crippen LogP contribution < -0.4 is 10.1 Å². The van der Waals surface area contributed by atoms with E-state index in [1.165, 1.54) is 42.4 Å². The molecule has 0 radical (unpaired) electrons. The topological polar surface area (TPSA) is 21.3 Å². The zero-order valence-corrected chi connectivity index (χ0v) is 12.8. The van der Waals surface area contributed by atoms with Crippen molar-refractivity contribution in [3.05, 3.63) is 28.8 Å². The fourth-order valence-electron chi connectivity index (χ4n) is 3.42. The Balaban J connectivity index is 2.19. The summed E-state index contributed by atoms with van der Waals surface area (Å²) in [5, 5.41) is 3.62. The Bertz CT molecular complexity index is 426. The highest BCUT2D eigenvalue weighted by atomic mass is 16.5. The van der Waals surface area contributed by atoms with Gasteiger partial charge < -0.3 is 10.1 Å². The minimum Gasteiger partial charge on any atom is -0.496 e. The first-order valence-electron chi connectivity index (χ1n) is 7.54. The van der Waals surface area contributed by atoms with Crippen molar-refractivity contribution in [2.24, 2.45) is 0 Å². The molecule has 0 amide bonds. The Kier molecular flexibility index (Phi) is 4.87. The lowest BCUT2D eigenvalue weighted by Crippen LogP contribution is -2.33. The summed E-state index contributed by atoms with van der Waals surface area (Å²) >= 11 is 0. The number of aryl methyl sites for hydroxylation is 2. The Morgan fingerprint density at radius 1 is 1.21 bits per heavy atom. The third kappa shape index (κ3) is 3.30. The van der Waals surface area contributed by atoms with Crippen LogP contribution in [-0.2, 0) is 0 Å². The summed E-state index contributed by atoms with van der Waals surface area (Å²) < 4.78 is 5.42. The highest BCUT2D eigenvalue weighted by Gasteiger charge is 2.24. The average Bonchev–Trinajstić information content (AvgIpc) is 2.41. The summed E-state index contributed by atoms with van der Waals surface area (Å²) in [5.41, 5.74) is 4.17. The molecular weight excluding hydrogens is 234 g/mol. The summed E-state index contributed by atoms with van der Waals surface area (Å²) in [6.07, 6.45) is 5.28. The van der Waals surface area contributed by atoms with Gasteiger partial charge in [-0.3, -0.25) is 0 Å². The van der Waals surface area contributed by atoms with Crippen LogP contribution in [-0.4, -0.2) is 19.7 Å². The Morgan fingerprint density at radius 3 is 2.68 bits per heavy atom. The van der Waals surface area contributed by atoms with E-state index in [1.807, 2.05) is 0 Å². The molecule has 0 bridgehead atoms. The van der Waals surface area contributed by atoms with Gasteiger partial charge in [-0.2, -0.15) is 0 Å². The van der Waals surface area contributed by atoms with Crippen LogP contribution in [0.1, 0.15) is 55.2 Å². The van der Waals surface area contributed by atoms with Crippen LogP contribution in [0, 0.1) is 13.8 Å². The summed E-state index contributed by atoms with van der Waals surface area (Å²) in [7, 11) is 1.75. The molecule has 1 aliphatic rings. The van der Waals surface area contributed by atoms with Gasteiger partial charge in [0.2, 0.25) is 0 Å². The fourth-order valence-corrected chi connectivity index (χ4v) is 3.42. The standard InChI is InChI=1S/C17H27NO/c1-5-18-15-8-6-7-14(11-15)16-9-13(3)17(19-4)10-12(16)2/h9-10,14-15,18H,5-8,11H2,1-4H3. The van der Waals surface area contributed by atoms with Crippen molar-refractivity contribution in [1.29, 1.82) is 0 Å². The van der Waals surface area contributed by atoms with Crippen LogP contribution in [0.4, 0.5) is 0 Å². The molecule has 2 rings (SSSR count). The average molecular weight is 261 g/mol. The predicted molar refractivity (Wildman–Crippen MR) is 81.1 cm³/mol. The number of nitrogens with one attached hydrogen (secondary N) is 1. The second-order valence-corrected chi connectivity index (χ2v) is 5.80. The quantitative estimate of drug-likeness (QED) is 0.886. The van der Waals surface area contributed by atoms with E-state index in [0.29, 0.717) is 12.0 Å². The van der Waals surface area contributed by atoms with Gasteiger partial charge in [0.25, 0.3) is 0 Å². The van der Waals surface area contributed by atoms with Gasteiger partial charge in [-0.25, -0.2) is 0 Å². The summed E-state index contributed by atoms with van der Waals surface area (Å²) in [4.78, 5) is 0. The molecule has 1 aromatic carbocycles. The second-order valence-electron chi connectivity index (χ2n) is 5.80. The molecule has 2 heteroatoms. The number of hydrogen-bond acceptors (Lipinski definition) is 2. The van der Waals surface area contributed by atoms with E-state index in [2.05, 4.69) is 38.2 Å². The molecule has 0 spiro atoms. The van der Waals surface area contributed by atoms with Gasteiger partial charge in [0.1, 0.15) is 5.75 Å². The lowest BCUT2D eigenvalue weighted by atomic mass is 9.79. The number of hydrogen-bond donors (Lipinski definition) is 1. The molecule has 0 aliphatic heterocycles. The zero-order chi connectivity index (χ0) is 13.8. The first kappa shape index (κ1) is 14.4. The monoisotopic (exact) mass is 261 g/mol. The SMILES string of the molecule is CCNC1CCCC(c2cc(C)c(OC)cc2C)C1. The molecule has 1 fully saturated rings. The van der Waals surface area contributed by atoms with E-state index < -0.39 is 0 Å². The Morgan fingerprint density at radius 2 is 2.00 bits per heavy atom. The van der Waals surface area contributed by atoms with E-state index in [4.69, 9.17) is 4.74 Å². The maximum Gasteiger partial charge on any atom is 0.122 e. The predicted octanol–water partition coefficient (Wildman–Crippen LogP) is 3.95. The molecule has 19 heavy (non-hydrogen) atoms. The summed E-state index contributed by atoms with van der Waals surface area (Å²) in [6, 6.07) is 5.24. The van der Waals surface area contributed by atoms with E-state index in [0.717, 1.165) is 12.3 Å². The minimum atomic E-state index is 0.700. The molecule has 1 N–H and O–H groups in total. The van der Waals surface area contributed by atoms with Gasteiger partial charge in [0.15, 0.2) is 0 Å². The zero-order valence-electron chi connectivity index (χ0n) is 12.8. The van der Waals surface area contributed by atoms with Crippen LogP contribution >= 0.6 is 0 Å². The van der Waals surface area contributed by atoms with Gasteiger partial charge in [-0.05, 0) is 68.3 Å². The van der Waals surface area contributed by atoms with Crippen LogP contribution in [0.25, 0.3) is 0 Å². The van der Waals surface area contributed by atoms with Gasteiger partial charge in [0, 0.05) is 6.04 Å². The van der Waals surface area contributed by atoms with E-state index in [1.54, 1.807) is 7.11 Å². The molecular formula is C17H27NO. The number of benzene rings is 1. The van der Waals surface area contributed by atoms with Crippen molar-refractivity contribution in [3.8, 4) is 5.75 Å². The number of ether oxygens (including phenoxy) is 1. The smallest absolute Gasteiger partial charge is 0.122 e. The highest BCUT2D eigenvalue weighted by molar-refractivity contribution is 5.43. The molecule has 2 atom stereocenters. The van der Waals surface area contributed by atoms with Crippen LogP contribution in [0.2, 0.25) is 0 Å². The lowest BCUT2D eigenvalue weighted by Gasteiger charge is -2.31. The molecule has 2 nitrogen and oxygen atoms in total. The first-order chi connectivity index (χ1) is 9.15. The van der Waals surface area contributed by atoms with Crippen molar-refractivity contribution in [2.45, 2.75) is 58.4 Å². The van der Waals surface area contributed by atoms with Gasteiger partial charge >= 0.3 is 0 Å². The molecule has 1 aliphatic carbocycles. The highest BCUT2D eigenvalue weighted by Crippen LogP contribution is 2.36. The van der Waals surface area contributed by atoms with E-state index in [-0.39, 0.29) is 0 Å². The largest absolute Gasteiger partial charge is 0.496 e. The Hall–Kier alpha value is -1.02. The molecule has 2 unspecified atom stereocenters. The van der Waals surface area contributed by atoms with Gasteiger partial charge in [-0.1, -0.05) is 19.4 Å². The third-order valence-corrected chi connectivity index (χ3v) is 4.39. The summed E-state index contributed by atoms with van der Waals surface area (Å²) in [5.74, 6) is 1.72. The van der Waals surface area contributed by atoms with Crippen LogP contribution in [0.15, 0.2) is 12.1 Å². The lowest BCUT2D eigenvalue weighted by molar-refractivity contribution is 0.343. The normalized spacial score (nSPS) is 23.4. The Labute approximate surface area is 117 Å². The molecule has 1 saturated carbocycles. The molecule has 0 saturated heterocycles. The number of rotatable bonds is 4. The summed E-state index contributed by atoms with van der Waals surface area (Å²) in [6.45, 7) is 7.64. The third-order valence-electron chi connectivity index (χ3n) is 4.39. The van der Waals surface area contributed by atoms with E-state index in [9.17, 15) is 0 Å². The van der Waals surface area contributed by atoms with Crippen molar-refractivity contribution < 1.29 is 4.74 Å². The molecule has 0 aromatic heterocycles. The van der Waals surface area contributed by atoms with Gasteiger partial charge in [-0.15, -0.1) is 0 Å². The molecule has 0 heterocycles. The maximum absolute atomic E-state index is 5.42. The van der Waals surface area contributed by atoms with Crippen molar-refractivity contribution >= 4 is 0 Å². The second kappa shape index (κ2) is 6.42. The minimum absolute atomic E-state index is 0.700. The fraction of sp³-hybridized carbons (Fsp3) is 0.647. The van der Waals surface area contributed by atoms with Crippen molar-refractivity contribution in [2.75, 3.05) is 13.7 Å². The maximum atomic E-state index is 5.42. The molecule has 106 valence electrons. The van der Waals surface area contributed by atoms with Gasteiger partial charge in [0.05, 0.1) is 7.11 Å². The van der Waals surface area contributed by atoms with Crippen molar-refractivity contribution in [3.63, 3.8) is 0 Å². The molecule has 1 aromatic rings. The van der Waals surface area contributed by atoms with Crippen molar-refractivity contribution in [1.82, 2.24) is 5.32 Å². The van der Waals surface area contributed by atoms with E-state index >= 15 is 0 Å². The van der Waals surface area contributed by atoms with Crippen LogP contribution in [0.3, 0.4) is 0 Å². The number of methoxy groups -OCH3 is 1. The first-order valence-corrected chi connectivity index (χ1v) is 7.54.